The molecule has 96 valence electrons. The molecule has 2 heterocycles. The van der Waals surface area contributed by atoms with Crippen molar-refractivity contribution in [3.05, 3.63) is 59.5 Å². The molecule has 4 heteroatoms. The van der Waals surface area contributed by atoms with Crippen molar-refractivity contribution in [2.75, 3.05) is 0 Å². The number of ether oxygens (including phenoxy) is 1. The fourth-order valence-corrected chi connectivity index (χ4v) is 2.08. The summed E-state index contributed by atoms with van der Waals surface area (Å²) >= 11 is 0. The fraction of sp³-hybridized carbons (Fsp3) is 0.200. The van der Waals surface area contributed by atoms with Crippen LogP contribution in [0.4, 0.5) is 0 Å². The minimum absolute atomic E-state index is 0.493. The van der Waals surface area contributed by atoms with Crippen LogP contribution in [0.3, 0.4) is 0 Å². The molecule has 0 aliphatic carbocycles. The molecule has 2 aromatic heterocycles. The summed E-state index contributed by atoms with van der Waals surface area (Å²) in [6, 6.07) is 11.8. The van der Waals surface area contributed by atoms with E-state index in [1.807, 2.05) is 61.0 Å². The highest BCUT2D eigenvalue weighted by atomic mass is 16.5. The molecule has 3 rings (SSSR count). The van der Waals surface area contributed by atoms with Gasteiger partial charge in [0, 0.05) is 5.56 Å². The molecule has 19 heavy (non-hydrogen) atoms. The van der Waals surface area contributed by atoms with Gasteiger partial charge in [-0.25, -0.2) is 9.50 Å². The van der Waals surface area contributed by atoms with Gasteiger partial charge in [0.05, 0.1) is 17.6 Å². The van der Waals surface area contributed by atoms with Crippen LogP contribution < -0.4 is 4.74 Å². The van der Waals surface area contributed by atoms with Gasteiger partial charge in [-0.1, -0.05) is 18.2 Å². The lowest BCUT2D eigenvalue weighted by Crippen LogP contribution is -2.02. The number of para-hydroxylation sites is 1. The Bertz CT molecular complexity index is 704. The average Bonchev–Trinajstić information content (AvgIpc) is 2.77. The Hall–Kier alpha value is -2.36. The number of aryl methyl sites for hydroxylation is 2. The van der Waals surface area contributed by atoms with E-state index in [-0.39, 0.29) is 0 Å². The van der Waals surface area contributed by atoms with Crippen molar-refractivity contribution in [1.82, 2.24) is 14.6 Å². The van der Waals surface area contributed by atoms with E-state index < -0.39 is 0 Å². The van der Waals surface area contributed by atoms with Crippen molar-refractivity contribution in [1.29, 1.82) is 0 Å². The van der Waals surface area contributed by atoms with E-state index in [1.165, 1.54) is 0 Å². The van der Waals surface area contributed by atoms with Gasteiger partial charge in [-0.15, -0.1) is 0 Å². The zero-order chi connectivity index (χ0) is 13.2. The van der Waals surface area contributed by atoms with Gasteiger partial charge in [0.2, 0.25) is 0 Å². The molecule has 4 nitrogen and oxygen atoms in total. The summed E-state index contributed by atoms with van der Waals surface area (Å²) < 4.78 is 7.60. The molecule has 0 bridgehead atoms. The van der Waals surface area contributed by atoms with Crippen LogP contribution in [-0.4, -0.2) is 14.6 Å². The van der Waals surface area contributed by atoms with Gasteiger partial charge in [-0.3, -0.25) is 0 Å². The van der Waals surface area contributed by atoms with E-state index in [4.69, 9.17) is 4.74 Å². The highest BCUT2D eigenvalue weighted by molar-refractivity contribution is 5.48. The van der Waals surface area contributed by atoms with E-state index >= 15 is 0 Å². The van der Waals surface area contributed by atoms with Gasteiger partial charge >= 0.3 is 0 Å². The highest BCUT2D eigenvalue weighted by Gasteiger charge is 2.07. The predicted octanol–water partition coefficient (Wildman–Crippen LogP) is 2.93. The number of hydrogen-bond donors (Lipinski definition) is 0. The molecule has 0 amide bonds. The van der Waals surface area contributed by atoms with Gasteiger partial charge in [0.15, 0.2) is 5.65 Å². The summed E-state index contributed by atoms with van der Waals surface area (Å²) in [5.74, 6) is 0.860. The van der Waals surface area contributed by atoms with Crippen LogP contribution in [0.5, 0.6) is 5.75 Å². The van der Waals surface area contributed by atoms with Crippen LogP contribution in [-0.2, 0) is 6.61 Å². The summed E-state index contributed by atoms with van der Waals surface area (Å²) in [7, 11) is 0. The second-order valence-electron chi connectivity index (χ2n) is 4.56. The van der Waals surface area contributed by atoms with Crippen LogP contribution in [0.2, 0.25) is 0 Å². The van der Waals surface area contributed by atoms with E-state index in [9.17, 15) is 0 Å². The zero-order valence-electron chi connectivity index (χ0n) is 11.0. The third kappa shape index (κ3) is 2.42. The molecule has 0 radical (unpaired) electrons. The average molecular weight is 253 g/mol. The number of nitrogens with zero attached hydrogens (tertiary/aromatic N) is 3. The SMILES string of the molecule is Cc1cn2nc(C)cc(COc3ccccc3)c2n1. The first-order valence-electron chi connectivity index (χ1n) is 6.23. The maximum atomic E-state index is 5.78. The fourth-order valence-electron chi connectivity index (χ4n) is 2.08. The number of benzene rings is 1. The van der Waals surface area contributed by atoms with Crippen LogP contribution in [0.1, 0.15) is 17.0 Å². The summed E-state index contributed by atoms with van der Waals surface area (Å²) in [5, 5.41) is 4.41. The summed E-state index contributed by atoms with van der Waals surface area (Å²) in [4.78, 5) is 4.49. The Labute approximate surface area is 111 Å². The minimum atomic E-state index is 0.493. The van der Waals surface area contributed by atoms with Gasteiger partial charge in [0.1, 0.15) is 12.4 Å². The highest BCUT2D eigenvalue weighted by Crippen LogP contribution is 2.15. The second kappa shape index (κ2) is 4.72. The molecular formula is C15H15N3O. The molecule has 3 aromatic rings. The van der Waals surface area contributed by atoms with E-state index in [0.717, 1.165) is 28.3 Å². The largest absolute Gasteiger partial charge is 0.489 e. The normalized spacial score (nSPS) is 10.8. The van der Waals surface area contributed by atoms with Crippen molar-refractivity contribution in [3.8, 4) is 5.75 Å². The van der Waals surface area contributed by atoms with Crippen molar-refractivity contribution in [3.63, 3.8) is 0 Å². The van der Waals surface area contributed by atoms with Gasteiger partial charge < -0.3 is 4.74 Å². The summed E-state index contributed by atoms with van der Waals surface area (Å²) in [6.07, 6.45) is 1.92. The maximum Gasteiger partial charge on any atom is 0.160 e. The first-order valence-corrected chi connectivity index (χ1v) is 6.23. The lowest BCUT2D eigenvalue weighted by atomic mass is 10.2. The van der Waals surface area contributed by atoms with Crippen molar-refractivity contribution in [2.24, 2.45) is 0 Å². The number of aromatic nitrogens is 3. The summed E-state index contributed by atoms with van der Waals surface area (Å²) in [5.41, 5.74) is 3.82. The third-order valence-corrected chi connectivity index (χ3v) is 2.88. The lowest BCUT2D eigenvalue weighted by molar-refractivity contribution is 0.306. The van der Waals surface area contributed by atoms with Crippen molar-refractivity contribution in [2.45, 2.75) is 20.5 Å². The van der Waals surface area contributed by atoms with Crippen LogP contribution in [0.25, 0.3) is 5.65 Å². The van der Waals surface area contributed by atoms with E-state index in [0.29, 0.717) is 6.61 Å². The Balaban J connectivity index is 1.92. The first-order chi connectivity index (χ1) is 9.22. The Morgan fingerprint density at radius 3 is 2.68 bits per heavy atom. The second-order valence-corrected chi connectivity index (χ2v) is 4.56. The van der Waals surface area contributed by atoms with Gasteiger partial charge in [-0.05, 0) is 32.0 Å². The zero-order valence-corrected chi connectivity index (χ0v) is 11.0. The quantitative estimate of drug-likeness (QED) is 0.720. The number of imidazole rings is 1. The van der Waals surface area contributed by atoms with Gasteiger partial charge in [-0.2, -0.15) is 5.10 Å². The minimum Gasteiger partial charge on any atom is -0.489 e. The predicted molar refractivity (Wildman–Crippen MR) is 73.2 cm³/mol. The number of fused-ring (bicyclic) bond motifs is 1. The third-order valence-electron chi connectivity index (χ3n) is 2.88. The van der Waals surface area contributed by atoms with Crippen molar-refractivity contribution >= 4 is 5.65 Å². The van der Waals surface area contributed by atoms with Crippen LogP contribution in [0, 0.1) is 13.8 Å². The van der Waals surface area contributed by atoms with Gasteiger partial charge in [0.25, 0.3) is 0 Å². The van der Waals surface area contributed by atoms with E-state index in [1.54, 1.807) is 0 Å². The Kier molecular flexibility index (Phi) is 2.91. The first kappa shape index (κ1) is 11.7. The molecule has 1 aromatic carbocycles. The summed E-state index contributed by atoms with van der Waals surface area (Å²) in [6.45, 7) is 4.43. The smallest absolute Gasteiger partial charge is 0.160 e. The molecule has 0 aliphatic rings. The van der Waals surface area contributed by atoms with Crippen molar-refractivity contribution < 1.29 is 4.74 Å². The van der Waals surface area contributed by atoms with E-state index in [2.05, 4.69) is 10.1 Å². The topological polar surface area (TPSA) is 39.4 Å². The van der Waals surface area contributed by atoms with Crippen LogP contribution >= 0.6 is 0 Å². The molecular weight excluding hydrogens is 238 g/mol. The molecule has 0 saturated carbocycles. The molecule has 0 unspecified atom stereocenters. The lowest BCUT2D eigenvalue weighted by Gasteiger charge is -2.07. The molecule has 0 spiro atoms. The Morgan fingerprint density at radius 2 is 1.89 bits per heavy atom. The van der Waals surface area contributed by atoms with Crippen LogP contribution in [0.15, 0.2) is 42.6 Å². The maximum absolute atomic E-state index is 5.78. The Morgan fingerprint density at radius 1 is 1.11 bits per heavy atom. The molecule has 0 aliphatic heterocycles. The molecule has 0 atom stereocenters. The monoisotopic (exact) mass is 253 g/mol. The molecule has 0 saturated heterocycles. The molecule has 0 N–H and O–H groups in total. The number of hydrogen-bond acceptors (Lipinski definition) is 3. The number of rotatable bonds is 3. The molecule has 0 fully saturated rings. The standard InChI is InChI=1S/C15H15N3O/c1-11-8-13(10-19-14-6-4-3-5-7-14)15-16-12(2)9-18(15)17-11/h3-9H,10H2,1-2H3.